The van der Waals surface area contributed by atoms with Gasteiger partial charge in [0.05, 0.1) is 0 Å². The first kappa shape index (κ1) is 16.3. The maximum absolute atomic E-state index is 12.5. The summed E-state index contributed by atoms with van der Waals surface area (Å²) in [6.07, 6.45) is 2.74. The molecule has 0 radical (unpaired) electrons. The topological polar surface area (TPSA) is 78.5 Å². The van der Waals surface area contributed by atoms with E-state index in [-0.39, 0.29) is 24.4 Å². The van der Waals surface area contributed by atoms with Gasteiger partial charge in [-0.25, -0.2) is 4.79 Å². The van der Waals surface area contributed by atoms with Gasteiger partial charge in [0.1, 0.15) is 6.54 Å². The molecule has 4 rings (SSSR count). The second-order valence-electron chi connectivity index (χ2n) is 6.67. The lowest BCUT2D eigenvalue weighted by Crippen LogP contribution is -2.38. The number of carbonyl (C=O) groups excluding carboxylic acids is 3. The van der Waals surface area contributed by atoms with Crippen LogP contribution in [0.15, 0.2) is 48.5 Å². The predicted octanol–water partition coefficient (Wildman–Crippen LogP) is 2.03. The summed E-state index contributed by atoms with van der Waals surface area (Å²) in [4.78, 5) is 36.8. The molecule has 0 saturated carbocycles. The van der Waals surface area contributed by atoms with E-state index >= 15 is 0 Å². The molecule has 1 aliphatic carbocycles. The van der Waals surface area contributed by atoms with Crippen molar-refractivity contribution in [2.75, 3.05) is 11.4 Å². The van der Waals surface area contributed by atoms with Crippen LogP contribution in [-0.2, 0) is 17.6 Å². The number of fused-ring (bicyclic) bond motifs is 1. The van der Waals surface area contributed by atoms with Crippen molar-refractivity contribution in [2.24, 2.45) is 0 Å². The van der Waals surface area contributed by atoms with Crippen LogP contribution in [0.3, 0.4) is 0 Å². The molecule has 26 heavy (non-hydrogen) atoms. The van der Waals surface area contributed by atoms with Crippen LogP contribution in [0.1, 0.15) is 27.9 Å². The lowest BCUT2D eigenvalue weighted by atomic mass is 9.88. The summed E-state index contributed by atoms with van der Waals surface area (Å²) in [6.45, 7) is 0.00581. The van der Waals surface area contributed by atoms with E-state index < -0.39 is 6.03 Å². The predicted molar refractivity (Wildman–Crippen MR) is 97.0 cm³/mol. The maximum atomic E-state index is 12.5. The van der Waals surface area contributed by atoms with E-state index in [2.05, 4.69) is 22.8 Å². The number of amides is 4. The van der Waals surface area contributed by atoms with E-state index in [1.54, 1.807) is 24.3 Å². The Bertz CT molecular complexity index is 876. The molecule has 1 unspecified atom stereocenters. The molecule has 1 saturated heterocycles. The van der Waals surface area contributed by atoms with Crippen molar-refractivity contribution in [1.29, 1.82) is 0 Å². The molecule has 132 valence electrons. The van der Waals surface area contributed by atoms with Crippen LogP contribution in [-0.4, -0.2) is 30.4 Å². The Balaban J connectivity index is 1.41. The lowest BCUT2D eigenvalue weighted by Gasteiger charge is -2.25. The number of hydrogen-bond acceptors (Lipinski definition) is 3. The van der Waals surface area contributed by atoms with Gasteiger partial charge in [0, 0.05) is 17.3 Å². The standard InChI is InChI=1S/C20H19N3O3/c24-18-12-23(20(26)22-18)17-9-6-14(7-10-17)19(25)21-16-8-5-13-3-1-2-4-15(13)11-16/h1-4,6-7,9-10,16H,5,8,11-12H2,(H,21,25)(H,22,24,26). The Hall–Kier alpha value is -3.15. The van der Waals surface area contributed by atoms with Crippen LogP contribution >= 0.6 is 0 Å². The molecule has 1 aliphatic heterocycles. The SMILES string of the molecule is O=C1CN(c2ccc(C(=O)NC3CCc4ccccc4C3)cc2)C(=O)N1. The Labute approximate surface area is 151 Å². The van der Waals surface area contributed by atoms with Crippen molar-refractivity contribution in [3.63, 3.8) is 0 Å². The normalized spacial score (nSPS) is 19.1. The van der Waals surface area contributed by atoms with Gasteiger partial charge in [-0.15, -0.1) is 0 Å². The Morgan fingerprint density at radius 2 is 1.77 bits per heavy atom. The highest BCUT2D eigenvalue weighted by Gasteiger charge is 2.28. The van der Waals surface area contributed by atoms with Gasteiger partial charge < -0.3 is 5.32 Å². The monoisotopic (exact) mass is 349 g/mol. The molecule has 1 fully saturated rings. The zero-order chi connectivity index (χ0) is 18.1. The average molecular weight is 349 g/mol. The Morgan fingerprint density at radius 1 is 1.04 bits per heavy atom. The molecule has 2 aliphatic rings. The largest absolute Gasteiger partial charge is 0.349 e. The quantitative estimate of drug-likeness (QED) is 0.832. The average Bonchev–Trinajstić information content (AvgIpc) is 3.00. The minimum absolute atomic E-state index is 0.00581. The Kier molecular flexibility index (Phi) is 4.16. The van der Waals surface area contributed by atoms with Crippen molar-refractivity contribution < 1.29 is 14.4 Å². The number of aryl methyl sites for hydroxylation is 1. The highest BCUT2D eigenvalue weighted by molar-refractivity contribution is 6.12. The third kappa shape index (κ3) is 3.18. The van der Waals surface area contributed by atoms with Crippen LogP contribution < -0.4 is 15.5 Å². The molecule has 0 spiro atoms. The van der Waals surface area contributed by atoms with Crippen molar-refractivity contribution in [2.45, 2.75) is 25.3 Å². The molecule has 2 N–H and O–H groups in total. The maximum Gasteiger partial charge on any atom is 0.329 e. The first-order valence-corrected chi connectivity index (χ1v) is 8.69. The van der Waals surface area contributed by atoms with E-state index in [4.69, 9.17) is 0 Å². The minimum atomic E-state index is -0.437. The van der Waals surface area contributed by atoms with Gasteiger partial charge in [-0.05, 0) is 54.7 Å². The van der Waals surface area contributed by atoms with Crippen LogP contribution in [0.2, 0.25) is 0 Å². The summed E-state index contributed by atoms with van der Waals surface area (Å²) in [5.41, 5.74) is 3.79. The zero-order valence-electron chi connectivity index (χ0n) is 14.2. The number of carbonyl (C=O) groups is 3. The molecular formula is C20H19N3O3. The number of urea groups is 1. The van der Waals surface area contributed by atoms with Crippen molar-refractivity contribution in [3.8, 4) is 0 Å². The fraction of sp³-hybridized carbons (Fsp3) is 0.250. The highest BCUT2D eigenvalue weighted by atomic mass is 16.2. The van der Waals surface area contributed by atoms with Crippen LogP contribution in [0, 0.1) is 0 Å². The van der Waals surface area contributed by atoms with Gasteiger partial charge in [-0.2, -0.15) is 0 Å². The van der Waals surface area contributed by atoms with Crippen molar-refractivity contribution in [1.82, 2.24) is 10.6 Å². The number of nitrogens with one attached hydrogen (secondary N) is 2. The van der Waals surface area contributed by atoms with E-state index in [1.807, 2.05) is 12.1 Å². The summed E-state index contributed by atoms with van der Waals surface area (Å²) in [5.74, 6) is -0.447. The molecule has 1 atom stereocenters. The van der Waals surface area contributed by atoms with Crippen molar-refractivity contribution in [3.05, 3.63) is 65.2 Å². The summed E-state index contributed by atoms with van der Waals surface area (Å²) in [7, 11) is 0. The molecule has 0 aromatic heterocycles. The van der Waals surface area contributed by atoms with E-state index in [9.17, 15) is 14.4 Å². The molecule has 4 amide bonds. The third-order valence-corrected chi connectivity index (χ3v) is 4.92. The van der Waals surface area contributed by atoms with Gasteiger partial charge in [0.15, 0.2) is 0 Å². The van der Waals surface area contributed by atoms with Gasteiger partial charge >= 0.3 is 6.03 Å². The van der Waals surface area contributed by atoms with E-state index in [0.29, 0.717) is 11.3 Å². The fourth-order valence-electron chi connectivity index (χ4n) is 3.53. The Morgan fingerprint density at radius 3 is 2.46 bits per heavy atom. The molecule has 6 heteroatoms. The molecular weight excluding hydrogens is 330 g/mol. The first-order valence-electron chi connectivity index (χ1n) is 8.69. The number of anilines is 1. The highest BCUT2D eigenvalue weighted by Crippen LogP contribution is 2.22. The molecule has 2 aromatic carbocycles. The summed E-state index contributed by atoms with van der Waals surface area (Å²) < 4.78 is 0. The van der Waals surface area contributed by atoms with Crippen LogP contribution in [0.25, 0.3) is 0 Å². The molecule has 1 heterocycles. The third-order valence-electron chi connectivity index (χ3n) is 4.92. The van der Waals surface area contributed by atoms with Crippen LogP contribution in [0.4, 0.5) is 10.5 Å². The summed E-state index contributed by atoms with van der Waals surface area (Å²) in [5, 5.41) is 5.33. The number of hydrogen-bond donors (Lipinski definition) is 2. The molecule has 0 bridgehead atoms. The second kappa shape index (κ2) is 6.63. The number of rotatable bonds is 3. The van der Waals surface area contributed by atoms with Gasteiger partial charge in [-0.1, -0.05) is 24.3 Å². The van der Waals surface area contributed by atoms with Crippen molar-refractivity contribution >= 4 is 23.5 Å². The lowest BCUT2D eigenvalue weighted by molar-refractivity contribution is -0.117. The van der Waals surface area contributed by atoms with Gasteiger partial charge in [0.2, 0.25) is 5.91 Å². The van der Waals surface area contributed by atoms with Gasteiger partial charge in [0.25, 0.3) is 5.91 Å². The molecule has 2 aromatic rings. The van der Waals surface area contributed by atoms with Crippen LogP contribution in [0.5, 0.6) is 0 Å². The smallest absolute Gasteiger partial charge is 0.329 e. The number of benzene rings is 2. The fourth-order valence-corrected chi connectivity index (χ4v) is 3.53. The number of imide groups is 1. The summed E-state index contributed by atoms with van der Waals surface area (Å²) >= 11 is 0. The minimum Gasteiger partial charge on any atom is -0.349 e. The zero-order valence-corrected chi connectivity index (χ0v) is 14.2. The summed E-state index contributed by atoms with van der Waals surface area (Å²) in [6, 6.07) is 14.7. The first-order chi connectivity index (χ1) is 12.6. The van der Waals surface area contributed by atoms with E-state index in [1.165, 1.54) is 16.0 Å². The second-order valence-corrected chi connectivity index (χ2v) is 6.67. The van der Waals surface area contributed by atoms with E-state index in [0.717, 1.165) is 19.3 Å². The number of nitrogens with zero attached hydrogens (tertiary/aromatic N) is 1. The molecule has 6 nitrogen and oxygen atoms in total. The van der Waals surface area contributed by atoms with Gasteiger partial charge in [-0.3, -0.25) is 19.8 Å².